The third-order valence-electron chi connectivity index (χ3n) is 3.40. The van der Waals surface area contributed by atoms with Gasteiger partial charge in [0.1, 0.15) is 0 Å². The van der Waals surface area contributed by atoms with Gasteiger partial charge >= 0.3 is 5.97 Å². The molecule has 0 aliphatic heterocycles. The van der Waals surface area contributed by atoms with Crippen LogP contribution in [0.25, 0.3) is 0 Å². The second-order valence-electron chi connectivity index (χ2n) is 5.12. The predicted octanol–water partition coefficient (Wildman–Crippen LogP) is 4.08. The van der Waals surface area contributed by atoms with E-state index in [0.29, 0.717) is 13.0 Å². The van der Waals surface area contributed by atoms with Crippen molar-refractivity contribution in [2.24, 2.45) is 5.73 Å². The van der Waals surface area contributed by atoms with Gasteiger partial charge in [0.15, 0.2) is 0 Å². The van der Waals surface area contributed by atoms with Gasteiger partial charge in [0.25, 0.3) is 0 Å². The van der Waals surface area contributed by atoms with Crippen molar-refractivity contribution in [1.82, 2.24) is 0 Å². The minimum atomic E-state index is -0.125. The molecule has 0 fully saturated rings. The molecule has 0 bridgehead atoms. The van der Waals surface area contributed by atoms with Crippen LogP contribution in [0.4, 0.5) is 0 Å². The van der Waals surface area contributed by atoms with Crippen LogP contribution in [-0.4, -0.2) is 12.6 Å². The third-order valence-corrected chi connectivity index (χ3v) is 3.81. The summed E-state index contributed by atoms with van der Waals surface area (Å²) in [5.41, 5.74) is 9.55. The molecule has 0 radical (unpaired) electrons. The first kappa shape index (κ1) is 17.0. The highest BCUT2D eigenvalue weighted by Crippen LogP contribution is 2.26. The highest BCUT2D eigenvalue weighted by Gasteiger charge is 2.11. The number of carbonyl (C=O) groups is 1. The van der Waals surface area contributed by atoms with E-state index in [4.69, 9.17) is 22.1 Å². The van der Waals surface area contributed by atoms with Crippen LogP contribution in [0.1, 0.15) is 55.3 Å². The van der Waals surface area contributed by atoms with Crippen molar-refractivity contribution in [3.63, 3.8) is 0 Å². The summed E-state index contributed by atoms with van der Waals surface area (Å²) in [5.74, 6) is -0.125. The van der Waals surface area contributed by atoms with E-state index in [2.05, 4.69) is 6.07 Å². The molecule has 4 heteroatoms. The van der Waals surface area contributed by atoms with Crippen LogP contribution in [-0.2, 0) is 9.53 Å². The normalized spacial score (nSPS) is 12.2. The number of hydrogen-bond donors (Lipinski definition) is 1. The zero-order chi connectivity index (χ0) is 15.1. The molecule has 0 spiro atoms. The molecule has 0 amide bonds. The number of esters is 1. The molecule has 0 aromatic heterocycles. The van der Waals surface area contributed by atoms with Crippen molar-refractivity contribution in [3.05, 3.63) is 33.8 Å². The SMILES string of the molecule is CCOC(=O)CCCCC(N)c1cc(C)c(Cl)cc1C. The van der Waals surface area contributed by atoms with Crippen LogP contribution in [0.2, 0.25) is 5.02 Å². The highest BCUT2D eigenvalue weighted by molar-refractivity contribution is 6.31. The first-order chi connectivity index (χ1) is 9.45. The average Bonchev–Trinajstić information content (AvgIpc) is 2.39. The van der Waals surface area contributed by atoms with Gasteiger partial charge in [0.2, 0.25) is 0 Å². The Morgan fingerprint density at radius 1 is 1.30 bits per heavy atom. The summed E-state index contributed by atoms with van der Waals surface area (Å²) in [6, 6.07) is 4.02. The van der Waals surface area contributed by atoms with Crippen molar-refractivity contribution < 1.29 is 9.53 Å². The lowest BCUT2D eigenvalue weighted by molar-refractivity contribution is -0.143. The Hall–Kier alpha value is -1.06. The maximum absolute atomic E-state index is 11.2. The van der Waals surface area contributed by atoms with Gasteiger partial charge in [-0.25, -0.2) is 0 Å². The van der Waals surface area contributed by atoms with Crippen LogP contribution in [0.3, 0.4) is 0 Å². The van der Waals surface area contributed by atoms with Gasteiger partial charge in [0.05, 0.1) is 6.61 Å². The van der Waals surface area contributed by atoms with Crippen molar-refractivity contribution in [1.29, 1.82) is 0 Å². The quantitative estimate of drug-likeness (QED) is 0.609. The number of benzene rings is 1. The van der Waals surface area contributed by atoms with Crippen molar-refractivity contribution >= 4 is 17.6 Å². The standard InChI is InChI=1S/C16H24ClNO2/c1-4-20-16(19)8-6-5-7-15(18)13-9-12(3)14(17)10-11(13)2/h9-10,15H,4-8,18H2,1-3H3. The molecule has 0 saturated carbocycles. The van der Waals surface area contributed by atoms with Crippen LogP contribution in [0, 0.1) is 13.8 Å². The fraction of sp³-hybridized carbons (Fsp3) is 0.562. The molecule has 0 aliphatic rings. The summed E-state index contributed by atoms with van der Waals surface area (Å²) < 4.78 is 4.90. The van der Waals surface area contributed by atoms with E-state index in [9.17, 15) is 4.79 Å². The van der Waals surface area contributed by atoms with Gasteiger partial charge < -0.3 is 10.5 Å². The molecule has 112 valence electrons. The Balaban J connectivity index is 2.45. The Morgan fingerprint density at radius 3 is 2.65 bits per heavy atom. The smallest absolute Gasteiger partial charge is 0.305 e. The van der Waals surface area contributed by atoms with E-state index in [-0.39, 0.29) is 12.0 Å². The predicted molar refractivity (Wildman–Crippen MR) is 83.0 cm³/mol. The second kappa shape index (κ2) is 8.28. The maximum atomic E-state index is 11.2. The van der Waals surface area contributed by atoms with E-state index in [1.165, 1.54) is 0 Å². The molecule has 2 N–H and O–H groups in total. The number of nitrogens with two attached hydrogens (primary N) is 1. The van der Waals surface area contributed by atoms with Gasteiger partial charge in [0, 0.05) is 17.5 Å². The second-order valence-corrected chi connectivity index (χ2v) is 5.52. The van der Waals surface area contributed by atoms with Crippen molar-refractivity contribution in [2.45, 2.75) is 52.5 Å². The molecule has 1 aromatic carbocycles. The lowest BCUT2D eigenvalue weighted by Gasteiger charge is -2.16. The summed E-state index contributed by atoms with van der Waals surface area (Å²) in [6.07, 6.45) is 3.07. The number of unbranched alkanes of at least 4 members (excludes halogenated alkanes) is 1. The Kier molecular flexibility index (Phi) is 7.03. The van der Waals surface area contributed by atoms with Gasteiger partial charge in [-0.2, -0.15) is 0 Å². The Bertz CT molecular complexity index is 460. The molecule has 20 heavy (non-hydrogen) atoms. The van der Waals surface area contributed by atoms with E-state index in [0.717, 1.165) is 41.0 Å². The molecule has 3 nitrogen and oxygen atoms in total. The molecule has 0 saturated heterocycles. The van der Waals surface area contributed by atoms with Crippen LogP contribution in [0.5, 0.6) is 0 Å². The summed E-state index contributed by atoms with van der Waals surface area (Å²) in [5, 5.41) is 0.778. The van der Waals surface area contributed by atoms with Gasteiger partial charge in [-0.3, -0.25) is 4.79 Å². The van der Waals surface area contributed by atoms with Crippen LogP contribution >= 0.6 is 11.6 Å². The number of aryl methyl sites for hydroxylation is 2. The minimum absolute atomic E-state index is 0.00633. The number of ether oxygens (including phenoxy) is 1. The lowest BCUT2D eigenvalue weighted by atomic mass is 9.95. The van der Waals surface area contributed by atoms with Crippen molar-refractivity contribution in [3.8, 4) is 0 Å². The first-order valence-corrected chi connectivity index (χ1v) is 7.51. The monoisotopic (exact) mass is 297 g/mol. The molecular weight excluding hydrogens is 274 g/mol. The topological polar surface area (TPSA) is 52.3 Å². The number of carbonyl (C=O) groups excluding carboxylic acids is 1. The van der Waals surface area contributed by atoms with E-state index < -0.39 is 0 Å². The Labute approximate surface area is 126 Å². The fourth-order valence-corrected chi connectivity index (χ4v) is 2.44. The summed E-state index contributed by atoms with van der Waals surface area (Å²) in [7, 11) is 0. The highest BCUT2D eigenvalue weighted by atomic mass is 35.5. The molecular formula is C16H24ClNO2. The summed E-state index contributed by atoms with van der Waals surface area (Å²) in [4.78, 5) is 11.2. The summed E-state index contributed by atoms with van der Waals surface area (Å²) >= 11 is 6.09. The number of halogens is 1. The third kappa shape index (κ3) is 5.14. The minimum Gasteiger partial charge on any atom is -0.466 e. The average molecular weight is 298 g/mol. The van der Waals surface area contributed by atoms with Crippen LogP contribution in [0.15, 0.2) is 12.1 Å². The molecule has 1 atom stereocenters. The zero-order valence-corrected chi connectivity index (χ0v) is 13.3. The Morgan fingerprint density at radius 2 is 2.00 bits per heavy atom. The van der Waals surface area contributed by atoms with Gasteiger partial charge in [-0.15, -0.1) is 0 Å². The van der Waals surface area contributed by atoms with Crippen LogP contribution < -0.4 is 5.73 Å². The van der Waals surface area contributed by atoms with Gasteiger partial charge in [-0.05, 0) is 56.4 Å². The lowest BCUT2D eigenvalue weighted by Crippen LogP contribution is -2.12. The van der Waals surface area contributed by atoms with E-state index in [1.54, 1.807) is 0 Å². The number of hydrogen-bond acceptors (Lipinski definition) is 3. The van der Waals surface area contributed by atoms with E-state index in [1.807, 2.05) is 26.8 Å². The fourth-order valence-electron chi connectivity index (χ4n) is 2.23. The largest absolute Gasteiger partial charge is 0.466 e. The molecule has 1 rings (SSSR count). The van der Waals surface area contributed by atoms with E-state index >= 15 is 0 Å². The molecule has 1 aromatic rings. The number of rotatable bonds is 7. The van der Waals surface area contributed by atoms with Crippen molar-refractivity contribution in [2.75, 3.05) is 6.61 Å². The van der Waals surface area contributed by atoms with Gasteiger partial charge in [-0.1, -0.05) is 24.1 Å². The summed E-state index contributed by atoms with van der Waals surface area (Å²) in [6.45, 7) is 6.28. The first-order valence-electron chi connectivity index (χ1n) is 7.13. The molecule has 1 unspecified atom stereocenters. The zero-order valence-electron chi connectivity index (χ0n) is 12.5. The molecule has 0 heterocycles. The molecule has 0 aliphatic carbocycles. The maximum Gasteiger partial charge on any atom is 0.305 e.